The Morgan fingerprint density at radius 1 is 0.926 bits per heavy atom. The van der Waals surface area contributed by atoms with Gasteiger partial charge in [0, 0.05) is 5.69 Å². The molecule has 0 saturated heterocycles. The van der Waals surface area contributed by atoms with Crippen LogP contribution in [0.3, 0.4) is 0 Å². The Bertz CT molecular complexity index is 879. The molecule has 0 fully saturated rings. The topological polar surface area (TPSA) is 66.4 Å². The van der Waals surface area contributed by atoms with E-state index in [2.05, 4.69) is 51.2 Å². The van der Waals surface area contributed by atoms with Crippen LogP contribution in [-0.2, 0) is 22.0 Å². The summed E-state index contributed by atoms with van der Waals surface area (Å²) >= 11 is 0. The number of amides is 1. The summed E-state index contributed by atoms with van der Waals surface area (Å²) in [6.07, 6.45) is 2.60. The van der Waals surface area contributed by atoms with Crippen LogP contribution in [0.25, 0.3) is 0 Å². The summed E-state index contributed by atoms with van der Waals surface area (Å²) in [5.74, 6) is -1.08. The summed E-state index contributed by atoms with van der Waals surface area (Å²) in [5, 5.41) is 11.8. The molecular weight excluding hydrogens is 338 g/mol. The van der Waals surface area contributed by atoms with Gasteiger partial charge in [-0.2, -0.15) is 0 Å². The summed E-state index contributed by atoms with van der Waals surface area (Å²) in [7, 11) is 0. The lowest BCUT2D eigenvalue weighted by Gasteiger charge is -2.42. The maximum atomic E-state index is 12.4. The number of hydrogen-bond donors (Lipinski definition) is 2. The molecule has 0 aliphatic heterocycles. The zero-order valence-electron chi connectivity index (χ0n) is 16.4. The molecular formula is C23H27NO3. The van der Waals surface area contributed by atoms with E-state index in [0.717, 1.165) is 12.0 Å². The van der Waals surface area contributed by atoms with Gasteiger partial charge in [-0.3, -0.25) is 4.79 Å². The Morgan fingerprint density at radius 3 is 2.11 bits per heavy atom. The zero-order chi connectivity index (χ0) is 19.8. The van der Waals surface area contributed by atoms with E-state index in [1.54, 1.807) is 12.1 Å². The van der Waals surface area contributed by atoms with Crippen LogP contribution in [0.5, 0.6) is 0 Å². The fourth-order valence-electron chi connectivity index (χ4n) is 3.83. The molecule has 4 nitrogen and oxygen atoms in total. The molecule has 1 aliphatic carbocycles. The van der Waals surface area contributed by atoms with Gasteiger partial charge in [-0.1, -0.05) is 45.9 Å². The molecule has 2 N–H and O–H groups in total. The molecule has 0 aromatic heterocycles. The molecule has 3 rings (SSSR count). The van der Waals surface area contributed by atoms with Gasteiger partial charge >= 0.3 is 5.97 Å². The van der Waals surface area contributed by atoms with E-state index in [0.29, 0.717) is 12.1 Å². The summed E-state index contributed by atoms with van der Waals surface area (Å²) in [6, 6.07) is 12.6. The highest BCUT2D eigenvalue weighted by Gasteiger charge is 2.36. The van der Waals surface area contributed by atoms with Crippen molar-refractivity contribution >= 4 is 17.6 Å². The molecule has 0 radical (unpaired) electrons. The molecule has 1 aliphatic rings. The van der Waals surface area contributed by atoms with E-state index in [9.17, 15) is 9.59 Å². The predicted molar refractivity (Wildman–Crippen MR) is 107 cm³/mol. The predicted octanol–water partition coefficient (Wildman–Crippen LogP) is 4.92. The third-order valence-corrected chi connectivity index (χ3v) is 5.70. The molecule has 0 saturated carbocycles. The van der Waals surface area contributed by atoms with Crippen LogP contribution in [0.15, 0.2) is 42.5 Å². The molecule has 4 heteroatoms. The number of hydrogen-bond acceptors (Lipinski definition) is 2. The molecule has 0 atom stereocenters. The van der Waals surface area contributed by atoms with Crippen LogP contribution in [0.1, 0.15) is 67.6 Å². The van der Waals surface area contributed by atoms with E-state index >= 15 is 0 Å². The number of benzene rings is 2. The Labute approximate surface area is 160 Å². The largest absolute Gasteiger partial charge is 0.478 e. The summed E-state index contributed by atoms with van der Waals surface area (Å²) in [5.41, 5.74) is 4.81. The molecule has 0 unspecified atom stereocenters. The Kier molecular flexibility index (Phi) is 4.85. The highest BCUT2D eigenvalue weighted by molar-refractivity contribution is 5.93. The molecule has 27 heavy (non-hydrogen) atoms. The number of nitrogens with one attached hydrogen (secondary N) is 1. The van der Waals surface area contributed by atoms with E-state index in [1.807, 2.05) is 0 Å². The normalized spacial score (nSPS) is 17.0. The standard InChI is InChI=1S/C23H27NO3/c1-22(2)11-12-23(3,4)19-13-15(5-10-18(19)22)14-20(25)24-17-8-6-16(7-9-17)21(26)27/h5-10,13H,11-12,14H2,1-4H3,(H,24,25)(H,26,27). The van der Waals surface area contributed by atoms with Crippen molar-refractivity contribution in [3.63, 3.8) is 0 Å². The van der Waals surface area contributed by atoms with Gasteiger partial charge in [0.15, 0.2) is 0 Å². The lowest BCUT2D eigenvalue weighted by atomic mass is 9.63. The first-order chi connectivity index (χ1) is 12.6. The second-order valence-electron chi connectivity index (χ2n) is 8.76. The lowest BCUT2D eigenvalue weighted by Crippen LogP contribution is -2.34. The van der Waals surface area contributed by atoms with Crippen molar-refractivity contribution in [1.82, 2.24) is 0 Å². The fraction of sp³-hybridized carbons (Fsp3) is 0.391. The monoisotopic (exact) mass is 365 g/mol. The van der Waals surface area contributed by atoms with E-state index in [1.165, 1.54) is 29.7 Å². The average Bonchev–Trinajstić information content (AvgIpc) is 2.59. The molecule has 0 spiro atoms. The number of carboxylic acids is 1. The molecule has 1 amide bonds. The Morgan fingerprint density at radius 2 is 1.52 bits per heavy atom. The third-order valence-electron chi connectivity index (χ3n) is 5.70. The minimum absolute atomic E-state index is 0.106. The van der Waals surface area contributed by atoms with Crippen molar-refractivity contribution in [1.29, 1.82) is 0 Å². The molecule has 2 aromatic rings. The van der Waals surface area contributed by atoms with Crippen molar-refractivity contribution < 1.29 is 14.7 Å². The highest BCUT2D eigenvalue weighted by Crippen LogP contribution is 2.45. The SMILES string of the molecule is CC1(C)CCC(C)(C)c2cc(CC(=O)Nc3ccc(C(=O)O)cc3)ccc21. The zero-order valence-corrected chi connectivity index (χ0v) is 16.4. The maximum absolute atomic E-state index is 12.4. The van der Waals surface area contributed by atoms with Crippen LogP contribution >= 0.6 is 0 Å². The molecule has 142 valence electrons. The third kappa shape index (κ3) is 4.05. The summed E-state index contributed by atoms with van der Waals surface area (Å²) < 4.78 is 0. The number of carbonyl (C=O) groups excluding carboxylic acids is 1. The van der Waals surface area contributed by atoms with Gasteiger partial charge in [-0.05, 0) is 64.6 Å². The van der Waals surface area contributed by atoms with E-state index in [-0.39, 0.29) is 22.3 Å². The fourth-order valence-corrected chi connectivity index (χ4v) is 3.83. The molecule has 2 aromatic carbocycles. The van der Waals surface area contributed by atoms with Crippen LogP contribution in [-0.4, -0.2) is 17.0 Å². The molecule has 0 heterocycles. The molecule has 0 bridgehead atoms. The van der Waals surface area contributed by atoms with Crippen LogP contribution < -0.4 is 5.32 Å². The number of carboxylic acid groups (broad SMARTS) is 1. The van der Waals surface area contributed by atoms with E-state index < -0.39 is 5.97 Å². The van der Waals surface area contributed by atoms with Gasteiger partial charge in [-0.15, -0.1) is 0 Å². The van der Waals surface area contributed by atoms with Crippen molar-refractivity contribution in [3.05, 3.63) is 64.7 Å². The first-order valence-electron chi connectivity index (χ1n) is 9.36. The number of fused-ring (bicyclic) bond motifs is 1. The van der Waals surface area contributed by atoms with E-state index in [4.69, 9.17) is 5.11 Å². The number of aromatic carboxylic acids is 1. The van der Waals surface area contributed by atoms with Crippen LogP contribution in [0, 0.1) is 0 Å². The highest BCUT2D eigenvalue weighted by atomic mass is 16.4. The second-order valence-corrected chi connectivity index (χ2v) is 8.76. The van der Waals surface area contributed by atoms with Crippen LogP contribution in [0.2, 0.25) is 0 Å². The summed E-state index contributed by atoms with van der Waals surface area (Å²) in [4.78, 5) is 23.3. The minimum atomic E-state index is -0.979. The van der Waals surface area contributed by atoms with Crippen LogP contribution in [0.4, 0.5) is 5.69 Å². The van der Waals surface area contributed by atoms with Crippen molar-refractivity contribution in [2.45, 2.75) is 57.8 Å². The Balaban J connectivity index is 1.76. The first-order valence-corrected chi connectivity index (χ1v) is 9.36. The second kappa shape index (κ2) is 6.84. The number of rotatable bonds is 4. The first kappa shape index (κ1) is 19.2. The van der Waals surface area contributed by atoms with Gasteiger partial charge in [0.2, 0.25) is 5.91 Å². The van der Waals surface area contributed by atoms with Gasteiger partial charge < -0.3 is 10.4 Å². The van der Waals surface area contributed by atoms with Crippen molar-refractivity contribution in [2.75, 3.05) is 5.32 Å². The Hall–Kier alpha value is -2.62. The quantitative estimate of drug-likeness (QED) is 0.808. The lowest BCUT2D eigenvalue weighted by molar-refractivity contribution is -0.115. The summed E-state index contributed by atoms with van der Waals surface area (Å²) in [6.45, 7) is 9.12. The van der Waals surface area contributed by atoms with Gasteiger partial charge in [0.05, 0.1) is 12.0 Å². The van der Waals surface area contributed by atoms with Crippen molar-refractivity contribution in [2.24, 2.45) is 0 Å². The average molecular weight is 365 g/mol. The maximum Gasteiger partial charge on any atom is 0.335 e. The number of anilines is 1. The smallest absolute Gasteiger partial charge is 0.335 e. The van der Waals surface area contributed by atoms with Gasteiger partial charge in [-0.25, -0.2) is 4.79 Å². The number of carbonyl (C=O) groups is 2. The van der Waals surface area contributed by atoms with Gasteiger partial charge in [0.1, 0.15) is 0 Å². The van der Waals surface area contributed by atoms with Gasteiger partial charge in [0.25, 0.3) is 0 Å². The van der Waals surface area contributed by atoms with Crippen molar-refractivity contribution in [3.8, 4) is 0 Å². The minimum Gasteiger partial charge on any atom is -0.478 e.